The first kappa shape index (κ1) is 42.5. The Balaban J connectivity index is 1.19. The van der Waals surface area contributed by atoms with Gasteiger partial charge in [0.05, 0.1) is 44.9 Å². The number of amides is 2. The van der Waals surface area contributed by atoms with Crippen LogP contribution in [0.3, 0.4) is 0 Å². The van der Waals surface area contributed by atoms with Crippen molar-refractivity contribution in [2.45, 2.75) is 29.6 Å². The molecule has 4 heterocycles. The lowest BCUT2D eigenvalue weighted by Gasteiger charge is -2.46. The van der Waals surface area contributed by atoms with Gasteiger partial charge < -0.3 is 39.6 Å². The number of ether oxygens (including phenoxy) is 4. The lowest BCUT2D eigenvalue weighted by molar-refractivity contribution is -0.177. The predicted molar refractivity (Wildman–Crippen MR) is 249 cm³/mol. The van der Waals surface area contributed by atoms with Gasteiger partial charge in [0, 0.05) is 41.3 Å². The van der Waals surface area contributed by atoms with E-state index in [2.05, 4.69) is 27.4 Å². The molecule has 6 aromatic rings. The zero-order chi connectivity index (χ0) is 45.2. The van der Waals surface area contributed by atoms with E-state index in [-0.39, 0.29) is 13.2 Å². The largest absolute Gasteiger partial charge is 0.497 e. The molecule has 332 valence electrons. The monoisotopic (exact) mass is 880 g/mol. The van der Waals surface area contributed by atoms with Crippen LogP contribution in [0.4, 0.5) is 17.1 Å². The van der Waals surface area contributed by atoms with Gasteiger partial charge in [0.2, 0.25) is 11.8 Å². The molecule has 4 aliphatic rings. The Morgan fingerprint density at radius 2 is 1.45 bits per heavy atom. The molecule has 3 fully saturated rings. The van der Waals surface area contributed by atoms with Crippen molar-refractivity contribution in [3.05, 3.63) is 185 Å². The number of nitrogens with one attached hydrogen (secondary N) is 2. The van der Waals surface area contributed by atoms with Gasteiger partial charge in [0.1, 0.15) is 35.7 Å². The Morgan fingerprint density at radius 3 is 2.17 bits per heavy atom. The summed E-state index contributed by atoms with van der Waals surface area (Å²) in [5.74, 6) is 4.75. The molecule has 10 rings (SSSR count). The summed E-state index contributed by atoms with van der Waals surface area (Å²) in [6.07, 6.45) is -0.828. The number of methoxy groups -OCH3 is 1. The molecule has 0 bridgehead atoms. The van der Waals surface area contributed by atoms with Crippen molar-refractivity contribution in [1.29, 1.82) is 0 Å². The zero-order valence-electron chi connectivity index (χ0n) is 36.3. The van der Waals surface area contributed by atoms with Crippen molar-refractivity contribution in [3.8, 4) is 23.3 Å². The molecular formula is C54H48N4O8. The standard InChI is InChI=1S/C54H48N4O8/c1-63-42-24-17-35(18-25-42)15-16-36-19-26-45-44(33-36)54(53(62)56-45)46(51(60)55-40-20-22-41(23-21-40)57-27-30-64-31-28-57)48-52(61)66-49(38-11-6-3-7-12-38)47(37-9-4-2-5-10-37)58(48)50(54)39-13-8-14-43(34-39)65-32-29-59/h2-14,17-26,33-34,46-50,59H,27-32H2,1H3,(H,55,60)(H,56,62). The lowest BCUT2D eigenvalue weighted by atomic mass is 9.65. The smallest absolute Gasteiger partial charge is 0.324 e. The summed E-state index contributed by atoms with van der Waals surface area (Å²) in [6.45, 7) is 2.57. The van der Waals surface area contributed by atoms with Crippen molar-refractivity contribution < 1.29 is 38.4 Å². The van der Waals surface area contributed by atoms with Gasteiger partial charge in [-0.05, 0) is 101 Å². The van der Waals surface area contributed by atoms with Gasteiger partial charge in [-0.25, -0.2) is 0 Å². The fourth-order valence-corrected chi connectivity index (χ4v) is 10.2. The number of rotatable bonds is 10. The molecule has 1 spiro atoms. The summed E-state index contributed by atoms with van der Waals surface area (Å²) in [5.41, 5.74) is 4.34. The third-order valence-corrected chi connectivity index (χ3v) is 13.1. The number of esters is 1. The summed E-state index contributed by atoms with van der Waals surface area (Å²) in [5, 5.41) is 16.1. The molecule has 3 N–H and O–H groups in total. The predicted octanol–water partition coefficient (Wildman–Crippen LogP) is 7.21. The number of morpholine rings is 2. The van der Waals surface area contributed by atoms with Gasteiger partial charge in [-0.15, -0.1) is 0 Å². The van der Waals surface area contributed by atoms with Crippen molar-refractivity contribution in [3.63, 3.8) is 0 Å². The number of fused-ring (bicyclic) bond motifs is 3. The fourth-order valence-electron chi connectivity index (χ4n) is 10.2. The maximum absolute atomic E-state index is 15.7. The van der Waals surface area contributed by atoms with Crippen LogP contribution in [0, 0.1) is 17.8 Å². The second kappa shape index (κ2) is 18.2. The Morgan fingerprint density at radius 1 is 0.773 bits per heavy atom. The molecule has 0 aromatic heterocycles. The SMILES string of the molecule is COc1ccc(C#Cc2ccc3c(c2)C2(C(=O)N3)C(C(=O)Nc3ccc(N4CCOCC4)cc3)C3C(=O)OC(c4ccccc4)C(c4ccccc4)N3C2c2cccc(OCCO)c2)cc1. The Labute approximate surface area is 383 Å². The number of carbonyl (C=O) groups is 3. The summed E-state index contributed by atoms with van der Waals surface area (Å²) in [6, 6.07) is 44.3. The minimum atomic E-state index is -1.75. The highest BCUT2D eigenvalue weighted by Crippen LogP contribution is 2.65. The molecular weight excluding hydrogens is 833 g/mol. The number of anilines is 3. The van der Waals surface area contributed by atoms with Gasteiger partial charge in [-0.2, -0.15) is 0 Å². The minimum Gasteiger partial charge on any atom is -0.497 e. The van der Waals surface area contributed by atoms with Gasteiger partial charge in [-0.3, -0.25) is 19.3 Å². The minimum absolute atomic E-state index is 0.0373. The second-order valence-electron chi connectivity index (χ2n) is 16.7. The molecule has 0 aliphatic carbocycles. The number of cyclic esters (lactones) is 1. The number of nitrogens with zero attached hydrogens (tertiary/aromatic N) is 2. The molecule has 12 nitrogen and oxygen atoms in total. The quantitative estimate of drug-likeness (QED) is 0.0956. The molecule has 66 heavy (non-hydrogen) atoms. The van der Waals surface area contributed by atoms with Crippen molar-refractivity contribution >= 4 is 34.8 Å². The summed E-state index contributed by atoms with van der Waals surface area (Å²) < 4.78 is 23.5. The number of carbonyl (C=O) groups excluding carboxylic acids is 3. The zero-order valence-corrected chi connectivity index (χ0v) is 36.3. The van der Waals surface area contributed by atoms with E-state index in [1.54, 1.807) is 13.2 Å². The van der Waals surface area contributed by atoms with E-state index in [0.717, 1.165) is 35.5 Å². The van der Waals surface area contributed by atoms with E-state index < -0.39 is 53.3 Å². The summed E-state index contributed by atoms with van der Waals surface area (Å²) in [4.78, 5) is 50.9. The molecule has 12 heteroatoms. The molecule has 0 saturated carbocycles. The van der Waals surface area contributed by atoms with E-state index in [1.807, 2.05) is 150 Å². The normalized spacial score (nSPS) is 23.2. The molecule has 3 saturated heterocycles. The number of aliphatic hydroxyl groups excluding tert-OH is 1. The number of hydrogen-bond acceptors (Lipinski definition) is 10. The van der Waals surface area contributed by atoms with Gasteiger partial charge in [0.25, 0.3) is 0 Å². The first-order valence-electron chi connectivity index (χ1n) is 22.1. The van der Waals surface area contributed by atoms with Crippen LogP contribution in [0.1, 0.15) is 51.6 Å². The number of benzene rings is 6. The molecule has 0 radical (unpaired) electrons. The van der Waals surface area contributed by atoms with Crippen molar-refractivity contribution in [1.82, 2.24) is 4.90 Å². The number of aliphatic hydroxyl groups is 1. The highest BCUT2D eigenvalue weighted by atomic mass is 16.6. The average molecular weight is 881 g/mol. The fraction of sp³-hybridized carbons (Fsp3) is 0.241. The molecule has 2 amide bonds. The molecule has 6 unspecified atom stereocenters. The Kier molecular flexibility index (Phi) is 11.7. The van der Waals surface area contributed by atoms with Gasteiger partial charge in [-0.1, -0.05) is 84.6 Å². The van der Waals surface area contributed by atoms with Crippen LogP contribution < -0.4 is 25.0 Å². The van der Waals surface area contributed by atoms with Gasteiger partial charge in [0.15, 0.2) is 0 Å². The maximum Gasteiger partial charge on any atom is 0.324 e. The molecule has 6 atom stereocenters. The van der Waals surface area contributed by atoms with E-state index in [4.69, 9.17) is 18.9 Å². The first-order valence-corrected chi connectivity index (χ1v) is 22.1. The summed E-state index contributed by atoms with van der Waals surface area (Å²) >= 11 is 0. The average Bonchev–Trinajstić information content (AvgIpc) is 3.85. The van der Waals surface area contributed by atoms with Gasteiger partial charge >= 0.3 is 5.97 Å². The maximum atomic E-state index is 15.7. The van der Waals surface area contributed by atoms with Crippen molar-refractivity contribution in [2.75, 3.05) is 62.2 Å². The van der Waals surface area contributed by atoms with Crippen LogP contribution in [0.5, 0.6) is 11.5 Å². The second-order valence-corrected chi connectivity index (χ2v) is 16.7. The summed E-state index contributed by atoms with van der Waals surface area (Å²) in [7, 11) is 1.61. The van der Waals surface area contributed by atoms with Crippen molar-refractivity contribution in [2.24, 2.45) is 5.92 Å². The Bertz CT molecular complexity index is 2810. The highest BCUT2D eigenvalue weighted by molar-refractivity contribution is 6.13. The van der Waals surface area contributed by atoms with Crippen LogP contribution in [0.25, 0.3) is 0 Å². The number of hydrogen-bond donors (Lipinski definition) is 3. The van der Waals surface area contributed by atoms with Crippen LogP contribution in [-0.4, -0.2) is 80.5 Å². The molecule has 4 aliphatic heterocycles. The van der Waals surface area contributed by atoms with E-state index in [9.17, 15) is 5.11 Å². The topological polar surface area (TPSA) is 139 Å². The van der Waals surface area contributed by atoms with E-state index in [0.29, 0.717) is 52.8 Å². The third kappa shape index (κ3) is 7.71. The Hall–Kier alpha value is -7.43. The third-order valence-electron chi connectivity index (χ3n) is 13.1. The first-order chi connectivity index (χ1) is 32.4. The van der Waals surface area contributed by atoms with E-state index >= 15 is 14.4 Å². The van der Waals surface area contributed by atoms with Crippen LogP contribution >= 0.6 is 0 Å². The van der Waals surface area contributed by atoms with Crippen LogP contribution in [0.2, 0.25) is 0 Å². The van der Waals surface area contributed by atoms with E-state index in [1.165, 1.54) is 0 Å². The molecule has 6 aromatic carbocycles. The lowest BCUT2D eigenvalue weighted by Crippen LogP contribution is -2.53. The highest BCUT2D eigenvalue weighted by Gasteiger charge is 2.74. The van der Waals surface area contributed by atoms with Crippen LogP contribution in [0.15, 0.2) is 152 Å². The van der Waals surface area contributed by atoms with Crippen LogP contribution in [-0.2, 0) is 29.3 Å².